The number of methoxy groups -OCH3 is 1. The van der Waals surface area contributed by atoms with E-state index in [1.54, 1.807) is 19.2 Å². The van der Waals surface area contributed by atoms with Crippen LogP contribution < -0.4 is 10.6 Å². The zero-order valence-electron chi connectivity index (χ0n) is 14.7. The summed E-state index contributed by atoms with van der Waals surface area (Å²) >= 11 is 5.91. The molecular formula is C18H20ClN3O4. The summed E-state index contributed by atoms with van der Waals surface area (Å²) in [5.41, 5.74) is 1.25. The van der Waals surface area contributed by atoms with Crippen LogP contribution >= 0.6 is 11.6 Å². The first-order valence-corrected chi connectivity index (χ1v) is 8.30. The SMILES string of the molecule is CNC(=O)c1ccc(NC(C)C(OC)c2ccc(Cl)cc2)c([N+](=O)[O-])c1. The Balaban J connectivity index is 2.29. The average Bonchev–Trinajstić information content (AvgIpc) is 2.63. The molecular weight excluding hydrogens is 358 g/mol. The highest BCUT2D eigenvalue weighted by Crippen LogP contribution is 2.30. The molecule has 0 bridgehead atoms. The second kappa shape index (κ2) is 8.64. The number of nitro groups is 1. The number of nitro benzene ring substituents is 1. The molecule has 138 valence electrons. The maximum atomic E-state index is 11.7. The first-order chi connectivity index (χ1) is 12.4. The summed E-state index contributed by atoms with van der Waals surface area (Å²) in [4.78, 5) is 22.6. The molecule has 1 amide bonds. The fourth-order valence-electron chi connectivity index (χ4n) is 2.69. The van der Waals surface area contributed by atoms with Gasteiger partial charge in [-0.15, -0.1) is 0 Å². The molecule has 0 spiro atoms. The summed E-state index contributed by atoms with van der Waals surface area (Å²) in [5, 5.41) is 17.6. The highest BCUT2D eigenvalue weighted by atomic mass is 35.5. The molecule has 0 saturated heterocycles. The van der Waals surface area contributed by atoms with Gasteiger partial charge < -0.3 is 15.4 Å². The lowest BCUT2D eigenvalue weighted by molar-refractivity contribution is -0.384. The predicted molar refractivity (Wildman–Crippen MR) is 101 cm³/mol. The fourth-order valence-corrected chi connectivity index (χ4v) is 2.82. The number of carbonyl (C=O) groups excluding carboxylic acids is 1. The van der Waals surface area contributed by atoms with Crippen LogP contribution in [0, 0.1) is 10.1 Å². The topological polar surface area (TPSA) is 93.5 Å². The number of halogens is 1. The Morgan fingerprint density at radius 3 is 2.42 bits per heavy atom. The van der Waals surface area contributed by atoms with E-state index in [1.165, 1.54) is 25.2 Å². The van der Waals surface area contributed by atoms with Gasteiger partial charge in [0.05, 0.1) is 11.0 Å². The van der Waals surface area contributed by atoms with Crippen LogP contribution in [-0.4, -0.2) is 31.0 Å². The standard InChI is InChI=1S/C18H20ClN3O4/c1-11(17(26-3)12-4-7-14(19)8-5-12)21-15-9-6-13(18(23)20-2)10-16(15)22(24)25/h4-11,17,21H,1-3H3,(H,20,23). The van der Waals surface area contributed by atoms with Gasteiger partial charge in [0.15, 0.2) is 0 Å². The summed E-state index contributed by atoms with van der Waals surface area (Å²) in [6.45, 7) is 1.86. The molecule has 2 N–H and O–H groups in total. The average molecular weight is 378 g/mol. The van der Waals surface area contributed by atoms with E-state index in [1.807, 2.05) is 19.1 Å². The van der Waals surface area contributed by atoms with Gasteiger partial charge in [0.2, 0.25) is 0 Å². The zero-order valence-corrected chi connectivity index (χ0v) is 15.4. The van der Waals surface area contributed by atoms with Crippen LogP contribution in [0.1, 0.15) is 28.9 Å². The second-order valence-corrected chi connectivity index (χ2v) is 6.15. The number of amides is 1. The maximum absolute atomic E-state index is 11.7. The van der Waals surface area contributed by atoms with Crippen LogP contribution in [0.15, 0.2) is 42.5 Å². The van der Waals surface area contributed by atoms with Gasteiger partial charge in [-0.2, -0.15) is 0 Å². The molecule has 0 fully saturated rings. The number of hydrogen-bond acceptors (Lipinski definition) is 5. The molecule has 0 saturated carbocycles. The number of anilines is 1. The Morgan fingerprint density at radius 2 is 1.88 bits per heavy atom. The molecule has 7 nitrogen and oxygen atoms in total. The van der Waals surface area contributed by atoms with E-state index >= 15 is 0 Å². The molecule has 8 heteroatoms. The van der Waals surface area contributed by atoms with E-state index in [4.69, 9.17) is 16.3 Å². The highest BCUT2D eigenvalue weighted by molar-refractivity contribution is 6.30. The second-order valence-electron chi connectivity index (χ2n) is 5.71. The fraction of sp³-hybridized carbons (Fsp3) is 0.278. The van der Waals surface area contributed by atoms with Crippen molar-refractivity contribution in [2.24, 2.45) is 0 Å². The first kappa shape index (κ1) is 19.7. The summed E-state index contributed by atoms with van der Waals surface area (Å²) in [6, 6.07) is 11.2. The molecule has 0 aliphatic carbocycles. The first-order valence-electron chi connectivity index (χ1n) is 7.92. The van der Waals surface area contributed by atoms with Gasteiger partial charge >= 0.3 is 0 Å². The Hall–Kier alpha value is -2.64. The van der Waals surface area contributed by atoms with Crippen molar-refractivity contribution < 1.29 is 14.5 Å². The maximum Gasteiger partial charge on any atom is 0.293 e. The highest BCUT2D eigenvalue weighted by Gasteiger charge is 2.23. The minimum atomic E-state index is -0.522. The van der Waals surface area contributed by atoms with Gasteiger partial charge in [-0.05, 0) is 36.8 Å². The third-order valence-electron chi connectivity index (χ3n) is 3.97. The van der Waals surface area contributed by atoms with Gasteiger partial charge in [0.25, 0.3) is 11.6 Å². The molecule has 0 aliphatic rings. The number of benzene rings is 2. The van der Waals surface area contributed by atoms with Crippen molar-refractivity contribution in [3.63, 3.8) is 0 Å². The molecule has 2 aromatic rings. The monoisotopic (exact) mass is 377 g/mol. The molecule has 2 aromatic carbocycles. The Bertz CT molecular complexity index is 796. The molecule has 2 rings (SSSR count). The van der Waals surface area contributed by atoms with Crippen LogP contribution in [0.3, 0.4) is 0 Å². The molecule has 0 aliphatic heterocycles. The molecule has 0 aromatic heterocycles. The summed E-state index contributed by atoms with van der Waals surface area (Å²) < 4.78 is 5.55. The molecule has 2 unspecified atom stereocenters. The van der Waals surface area contributed by atoms with E-state index in [9.17, 15) is 14.9 Å². The van der Waals surface area contributed by atoms with Crippen molar-refractivity contribution in [1.29, 1.82) is 0 Å². The van der Waals surface area contributed by atoms with Crippen LogP contribution in [0.2, 0.25) is 5.02 Å². The lowest BCUT2D eigenvalue weighted by Crippen LogP contribution is -2.26. The number of hydrogen-bond donors (Lipinski definition) is 2. The normalized spacial score (nSPS) is 12.9. The Kier molecular flexibility index (Phi) is 6.54. The van der Waals surface area contributed by atoms with Crippen molar-refractivity contribution in [3.8, 4) is 0 Å². The van der Waals surface area contributed by atoms with E-state index in [0.29, 0.717) is 10.7 Å². The smallest absolute Gasteiger partial charge is 0.293 e. The minimum Gasteiger partial charge on any atom is -0.375 e. The van der Waals surface area contributed by atoms with Crippen LogP contribution in [0.25, 0.3) is 0 Å². The van der Waals surface area contributed by atoms with Crippen LogP contribution in [-0.2, 0) is 4.74 Å². The molecule has 0 heterocycles. The Morgan fingerprint density at radius 1 is 1.23 bits per heavy atom. The quantitative estimate of drug-likeness (QED) is 0.565. The van der Waals surface area contributed by atoms with E-state index < -0.39 is 4.92 Å². The lowest BCUT2D eigenvalue weighted by atomic mass is 10.0. The molecule has 26 heavy (non-hydrogen) atoms. The van der Waals surface area contributed by atoms with Crippen LogP contribution in [0.5, 0.6) is 0 Å². The molecule has 0 radical (unpaired) electrons. The third-order valence-corrected chi connectivity index (χ3v) is 4.23. The van der Waals surface area contributed by atoms with Crippen molar-refractivity contribution in [1.82, 2.24) is 5.32 Å². The number of nitrogens with zero attached hydrogens (tertiary/aromatic N) is 1. The third kappa shape index (κ3) is 4.50. The predicted octanol–water partition coefficient (Wildman–Crippen LogP) is 3.80. The van der Waals surface area contributed by atoms with E-state index in [2.05, 4.69) is 10.6 Å². The molecule has 2 atom stereocenters. The van der Waals surface area contributed by atoms with E-state index in [-0.39, 0.29) is 29.3 Å². The van der Waals surface area contributed by atoms with Crippen molar-refractivity contribution >= 4 is 28.9 Å². The minimum absolute atomic E-state index is 0.177. The number of nitrogens with one attached hydrogen (secondary N) is 2. The van der Waals surface area contributed by atoms with Gasteiger partial charge in [0.1, 0.15) is 11.8 Å². The van der Waals surface area contributed by atoms with Gasteiger partial charge in [0, 0.05) is 30.8 Å². The lowest BCUT2D eigenvalue weighted by Gasteiger charge is -2.25. The number of ether oxygens (including phenoxy) is 1. The summed E-state index contributed by atoms with van der Waals surface area (Å²) in [6.07, 6.45) is -0.342. The Labute approximate surface area is 156 Å². The summed E-state index contributed by atoms with van der Waals surface area (Å²) in [5.74, 6) is -0.386. The van der Waals surface area contributed by atoms with Gasteiger partial charge in [-0.3, -0.25) is 14.9 Å². The van der Waals surface area contributed by atoms with Crippen molar-refractivity contribution in [2.75, 3.05) is 19.5 Å². The number of rotatable bonds is 7. The van der Waals surface area contributed by atoms with Crippen molar-refractivity contribution in [3.05, 3.63) is 68.7 Å². The van der Waals surface area contributed by atoms with E-state index in [0.717, 1.165) is 5.56 Å². The largest absolute Gasteiger partial charge is 0.375 e. The zero-order chi connectivity index (χ0) is 19.3. The van der Waals surface area contributed by atoms with Crippen LogP contribution in [0.4, 0.5) is 11.4 Å². The number of carbonyl (C=O) groups is 1. The summed E-state index contributed by atoms with van der Waals surface area (Å²) in [7, 11) is 3.04. The van der Waals surface area contributed by atoms with Crippen molar-refractivity contribution in [2.45, 2.75) is 19.1 Å². The van der Waals surface area contributed by atoms with Gasteiger partial charge in [-0.1, -0.05) is 23.7 Å². The van der Waals surface area contributed by atoms with Gasteiger partial charge in [-0.25, -0.2) is 0 Å².